The van der Waals surface area contributed by atoms with Crippen molar-refractivity contribution in [1.29, 1.82) is 0 Å². The van der Waals surface area contributed by atoms with Crippen LogP contribution in [0.25, 0.3) is 11.1 Å². The molecule has 0 bridgehead atoms. The number of hydrogen-bond acceptors (Lipinski definition) is 8. The van der Waals surface area contributed by atoms with Gasteiger partial charge in [-0.15, -0.1) is 13.2 Å². The van der Waals surface area contributed by atoms with E-state index in [2.05, 4.69) is 35.9 Å². The fourth-order valence-electron chi connectivity index (χ4n) is 6.98. The number of hydrogen-bond donors (Lipinski definition) is 3. The van der Waals surface area contributed by atoms with Gasteiger partial charge in [0.2, 0.25) is 11.8 Å². The van der Waals surface area contributed by atoms with Gasteiger partial charge in [0, 0.05) is 25.4 Å². The maximum atomic E-state index is 13.8. The van der Waals surface area contributed by atoms with Crippen LogP contribution < -0.4 is 10.6 Å². The van der Waals surface area contributed by atoms with Crippen molar-refractivity contribution in [3.05, 3.63) is 157 Å². The number of aliphatic hydroxyl groups is 1. The number of nitrogens with zero attached hydrogens (tertiary/aromatic N) is 1. The predicted molar refractivity (Wildman–Crippen MR) is 222 cm³/mol. The summed E-state index contributed by atoms with van der Waals surface area (Å²) < 4.78 is 17.4. The average Bonchev–Trinajstić information content (AvgIpc) is 3.57. The van der Waals surface area contributed by atoms with Crippen molar-refractivity contribution in [3.8, 4) is 11.1 Å². The highest BCUT2D eigenvalue weighted by Gasteiger charge is 2.31. The fraction of sp³-hybridized carbons (Fsp3) is 0.319. The number of carbonyl (C=O) groups excluding carboxylic acids is 4. The molecule has 1 aliphatic carbocycles. The molecule has 3 atom stereocenters. The molecule has 3 unspecified atom stereocenters. The van der Waals surface area contributed by atoms with Gasteiger partial charge in [-0.05, 0) is 52.6 Å². The number of rotatable bonds is 23. The standard InChI is InChI=1S/C47H53N3O8/c1-3-5-25-43(49-47(55)58-33-42-40-23-14-12-21-38(40)39-22-13-15-24-41(39)42)46(54)57-32-37(31-56-30-35-19-10-7-11-20-35)48-45(53)36(16-4-2)28-44(52)50(26-27-51)29-34-17-8-6-9-18-34/h3-4,6-15,17-24,36-37,42-43,51H,1-2,5,16,25-33H2,(H,48,53)(H,49,55). The zero-order chi connectivity index (χ0) is 41.1. The summed E-state index contributed by atoms with van der Waals surface area (Å²) in [4.78, 5) is 55.5. The molecule has 0 saturated heterocycles. The molecule has 1 aliphatic rings. The Morgan fingerprint density at radius 1 is 0.759 bits per heavy atom. The van der Waals surface area contributed by atoms with Crippen LogP contribution in [-0.2, 0) is 41.7 Å². The quantitative estimate of drug-likeness (QED) is 0.0557. The maximum absolute atomic E-state index is 13.8. The lowest BCUT2D eigenvalue weighted by atomic mass is 9.98. The number of allylic oxidation sites excluding steroid dienone is 2. The van der Waals surface area contributed by atoms with Gasteiger partial charge in [0.15, 0.2) is 0 Å². The molecule has 5 rings (SSSR count). The molecule has 0 aliphatic heterocycles. The zero-order valence-electron chi connectivity index (χ0n) is 32.8. The molecular weight excluding hydrogens is 735 g/mol. The van der Waals surface area contributed by atoms with Crippen LogP contribution in [0.5, 0.6) is 0 Å². The second kappa shape index (κ2) is 22.6. The third kappa shape index (κ3) is 12.5. The Kier molecular flexibility index (Phi) is 16.8. The lowest BCUT2D eigenvalue weighted by Gasteiger charge is -2.26. The van der Waals surface area contributed by atoms with Gasteiger partial charge in [0.05, 0.1) is 31.8 Å². The number of amides is 3. The van der Waals surface area contributed by atoms with Gasteiger partial charge >= 0.3 is 12.1 Å². The molecular formula is C47H53N3O8. The number of fused-ring (bicyclic) bond motifs is 3. The average molecular weight is 788 g/mol. The summed E-state index contributed by atoms with van der Waals surface area (Å²) in [6.45, 7) is 7.76. The number of benzene rings is 4. The Morgan fingerprint density at radius 2 is 1.38 bits per heavy atom. The molecule has 58 heavy (non-hydrogen) atoms. The Bertz CT molecular complexity index is 1930. The third-order valence-corrected chi connectivity index (χ3v) is 9.97. The van der Waals surface area contributed by atoms with Crippen LogP contribution in [0, 0.1) is 5.92 Å². The van der Waals surface area contributed by atoms with Crippen molar-refractivity contribution in [1.82, 2.24) is 15.5 Å². The van der Waals surface area contributed by atoms with E-state index < -0.39 is 36.0 Å². The molecule has 3 amide bonds. The number of esters is 1. The van der Waals surface area contributed by atoms with E-state index in [1.54, 1.807) is 12.2 Å². The Hall–Kier alpha value is -6.04. The van der Waals surface area contributed by atoms with Crippen molar-refractivity contribution in [2.24, 2.45) is 5.92 Å². The monoisotopic (exact) mass is 787 g/mol. The Morgan fingerprint density at radius 3 is 2.00 bits per heavy atom. The smallest absolute Gasteiger partial charge is 0.407 e. The van der Waals surface area contributed by atoms with Crippen LogP contribution in [-0.4, -0.2) is 78.9 Å². The summed E-state index contributed by atoms with van der Waals surface area (Å²) in [6.07, 6.45) is 3.16. The van der Waals surface area contributed by atoms with Crippen molar-refractivity contribution >= 4 is 23.9 Å². The summed E-state index contributed by atoms with van der Waals surface area (Å²) in [5, 5.41) is 15.3. The topological polar surface area (TPSA) is 144 Å². The summed E-state index contributed by atoms with van der Waals surface area (Å²) in [5.74, 6) is -2.39. The summed E-state index contributed by atoms with van der Waals surface area (Å²) >= 11 is 0. The van der Waals surface area contributed by atoms with E-state index in [-0.39, 0.29) is 77.2 Å². The lowest BCUT2D eigenvalue weighted by Crippen LogP contribution is -2.47. The van der Waals surface area contributed by atoms with Gasteiger partial charge in [0.1, 0.15) is 19.3 Å². The number of carbonyl (C=O) groups is 4. The molecule has 0 saturated carbocycles. The van der Waals surface area contributed by atoms with E-state index in [0.717, 1.165) is 33.4 Å². The Labute approximate surface area is 340 Å². The second-order valence-electron chi connectivity index (χ2n) is 14.2. The molecule has 4 aromatic carbocycles. The van der Waals surface area contributed by atoms with E-state index in [4.69, 9.17) is 14.2 Å². The van der Waals surface area contributed by atoms with Crippen LogP contribution in [0.1, 0.15) is 53.9 Å². The van der Waals surface area contributed by atoms with Crippen LogP contribution in [0.2, 0.25) is 0 Å². The lowest BCUT2D eigenvalue weighted by molar-refractivity contribution is -0.148. The van der Waals surface area contributed by atoms with E-state index in [1.807, 2.05) is 97.1 Å². The van der Waals surface area contributed by atoms with Crippen molar-refractivity contribution in [2.75, 3.05) is 33.0 Å². The van der Waals surface area contributed by atoms with E-state index >= 15 is 0 Å². The molecule has 304 valence electrons. The minimum absolute atomic E-state index is 0.00948. The second-order valence-corrected chi connectivity index (χ2v) is 14.2. The molecule has 0 spiro atoms. The van der Waals surface area contributed by atoms with Gasteiger partial charge in [-0.2, -0.15) is 0 Å². The van der Waals surface area contributed by atoms with E-state index in [1.165, 1.54) is 4.90 Å². The van der Waals surface area contributed by atoms with Crippen molar-refractivity contribution in [2.45, 2.75) is 56.8 Å². The largest absolute Gasteiger partial charge is 0.462 e. The van der Waals surface area contributed by atoms with Crippen LogP contribution in [0.3, 0.4) is 0 Å². The number of nitrogens with one attached hydrogen (secondary N) is 2. The highest BCUT2D eigenvalue weighted by Crippen LogP contribution is 2.44. The highest BCUT2D eigenvalue weighted by molar-refractivity contribution is 5.86. The zero-order valence-corrected chi connectivity index (χ0v) is 32.8. The molecule has 0 radical (unpaired) electrons. The molecule has 11 heteroatoms. The van der Waals surface area contributed by atoms with Gasteiger partial charge in [-0.1, -0.05) is 121 Å². The van der Waals surface area contributed by atoms with Crippen LogP contribution in [0.4, 0.5) is 4.79 Å². The van der Waals surface area contributed by atoms with Gasteiger partial charge in [-0.3, -0.25) is 9.59 Å². The minimum Gasteiger partial charge on any atom is -0.462 e. The third-order valence-electron chi connectivity index (χ3n) is 9.97. The number of aliphatic hydroxyl groups excluding tert-OH is 1. The predicted octanol–water partition coefficient (Wildman–Crippen LogP) is 6.71. The van der Waals surface area contributed by atoms with Crippen LogP contribution >= 0.6 is 0 Å². The molecule has 0 aromatic heterocycles. The van der Waals surface area contributed by atoms with Gasteiger partial charge in [0.25, 0.3) is 0 Å². The molecule has 3 N–H and O–H groups in total. The number of alkyl carbamates (subject to hydrolysis) is 1. The molecule has 11 nitrogen and oxygen atoms in total. The minimum atomic E-state index is -1.05. The normalized spacial score (nSPS) is 13.2. The van der Waals surface area contributed by atoms with Gasteiger partial charge < -0.3 is 34.9 Å². The first-order valence-electron chi connectivity index (χ1n) is 19.7. The van der Waals surface area contributed by atoms with Crippen LogP contribution in [0.15, 0.2) is 135 Å². The molecule has 0 fully saturated rings. The van der Waals surface area contributed by atoms with E-state index in [9.17, 15) is 24.3 Å². The SMILES string of the molecule is C=CCCC(NC(=O)OCC1c2ccccc2-c2ccccc21)C(=O)OCC(COCc1ccccc1)NC(=O)C(CC=C)CC(=O)N(CCO)Cc1ccccc1. The summed E-state index contributed by atoms with van der Waals surface area (Å²) in [6, 6.07) is 33.1. The summed E-state index contributed by atoms with van der Waals surface area (Å²) in [5.41, 5.74) is 6.14. The van der Waals surface area contributed by atoms with Gasteiger partial charge in [-0.25, -0.2) is 9.59 Å². The number of ether oxygens (including phenoxy) is 3. The fourth-order valence-corrected chi connectivity index (χ4v) is 6.98. The maximum Gasteiger partial charge on any atom is 0.407 e. The Balaban J connectivity index is 1.22. The van der Waals surface area contributed by atoms with Crippen molar-refractivity contribution < 1.29 is 38.5 Å². The highest BCUT2D eigenvalue weighted by atomic mass is 16.6. The first-order valence-corrected chi connectivity index (χ1v) is 19.7. The van der Waals surface area contributed by atoms with Crippen molar-refractivity contribution in [3.63, 3.8) is 0 Å². The molecule has 4 aromatic rings. The first kappa shape index (κ1) is 43.1. The van der Waals surface area contributed by atoms with E-state index in [0.29, 0.717) is 6.42 Å². The first-order chi connectivity index (χ1) is 28.3. The molecule has 0 heterocycles. The summed E-state index contributed by atoms with van der Waals surface area (Å²) in [7, 11) is 0.